The highest BCUT2D eigenvalue weighted by molar-refractivity contribution is 7.89. The molecule has 0 atom stereocenters. The summed E-state index contributed by atoms with van der Waals surface area (Å²) in [7, 11) is -3.59. The van der Waals surface area contributed by atoms with Gasteiger partial charge in [-0.1, -0.05) is 12.1 Å². The molecule has 1 fully saturated rings. The first kappa shape index (κ1) is 23.9. The lowest BCUT2D eigenvalue weighted by Gasteiger charge is -2.15. The van der Waals surface area contributed by atoms with Crippen LogP contribution in [0.2, 0.25) is 0 Å². The molecule has 12 heteroatoms. The summed E-state index contributed by atoms with van der Waals surface area (Å²) >= 11 is 0. The van der Waals surface area contributed by atoms with Crippen molar-refractivity contribution >= 4 is 15.9 Å². The van der Waals surface area contributed by atoms with Gasteiger partial charge in [-0.15, -0.1) is 0 Å². The molecule has 1 aliphatic rings. The Balaban J connectivity index is 1.50. The Hall–Kier alpha value is -3.25. The first-order chi connectivity index (χ1) is 16.1. The minimum absolute atomic E-state index is 0.0532. The second-order valence-corrected chi connectivity index (χ2v) is 9.67. The van der Waals surface area contributed by atoms with Gasteiger partial charge in [0, 0.05) is 19.6 Å². The van der Waals surface area contributed by atoms with E-state index in [0.29, 0.717) is 23.3 Å². The minimum Gasteiger partial charge on any atom is -0.348 e. The van der Waals surface area contributed by atoms with Gasteiger partial charge in [0.15, 0.2) is 5.69 Å². The van der Waals surface area contributed by atoms with Crippen molar-refractivity contribution in [1.29, 1.82) is 0 Å². The maximum Gasteiger partial charge on any atom is 0.434 e. The summed E-state index contributed by atoms with van der Waals surface area (Å²) in [5.41, 5.74) is -1.52. The third-order valence-corrected chi connectivity index (χ3v) is 7.35. The van der Waals surface area contributed by atoms with Crippen LogP contribution in [-0.2, 0) is 22.7 Å². The average molecular weight is 496 g/mol. The van der Waals surface area contributed by atoms with Crippen molar-refractivity contribution in [2.24, 2.45) is 0 Å². The number of sulfonamides is 1. The third kappa shape index (κ3) is 4.82. The van der Waals surface area contributed by atoms with Crippen LogP contribution in [0.15, 0.2) is 59.6 Å². The predicted octanol–water partition coefficient (Wildman–Crippen LogP) is 3.74. The number of alkyl halides is 3. The third-order valence-electron chi connectivity index (χ3n) is 5.43. The van der Waals surface area contributed by atoms with Crippen LogP contribution in [-0.4, -0.2) is 41.5 Å². The monoisotopic (exact) mass is 496 g/mol. The van der Waals surface area contributed by atoms with E-state index in [1.807, 2.05) is 0 Å². The number of carbonyl (C=O) groups is 1. The number of halogens is 4. The van der Waals surface area contributed by atoms with Crippen molar-refractivity contribution in [3.05, 3.63) is 77.4 Å². The second kappa shape index (κ2) is 9.18. The molecule has 0 bridgehead atoms. The molecule has 1 saturated heterocycles. The van der Waals surface area contributed by atoms with Crippen LogP contribution in [0.1, 0.15) is 34.5 Å². The number of rotatable bonds is 6. The second-order valence-electron chi connectivity index (χ2n) is 7.73. The van der Waals surface area contributed by atoms with E-state index < -0.39 is 39.2 Å². The van der Waals surface area contributed by atoms with E-state index in [2.05, 4.69) is 10.4 Å². The quantitative estimate of drug-likeness (QED) is 0.527. The molecule has 0 spiro atoms. The molecule has 2 heterocycles. The Kier molecular flexibility index (Phi) is 6.45. The maximum absolute atomic E-state index is 13.7. The SMILES string of the molecule is O=C(NCc1ccc(S(=O)(=O)N2CCCC2)cc1)c1cnn(-c2ccc(F)cc2)c1C(F)(F)F. The Labute approximate surface area is 193 Å². The smallest absolute Gasteiger partial charge is 0.348 e. The van der Waals surface area contributed by atoms with E-state index in [9.17, 15) is 30.8 Å². The summed E-state index contributed by atoms with van der Waals surface area (Å²) < 4.78 is 81.5. The zero-order valence-electron chi connectivity index (χ0n) is 17.7. The highest BCUT2D eigenvalue weighted by Gasteiger charge is 2.40. The van der Waals surface area contributed by atoms with Crippen LogP contribution in [0.4, 0.5) is 17.6 Å². The van der Waals surface area contributed by atoms with E-state index >= 15 is 0 Å². The van der Waals surface area contributed by atoms with Gasteiger partial charge in [-0.2, -0.15) is 22.6 Å². The molecular formula is C22H20F4N4O3S. The highest BCUT2D eigenvalue weighted by atomic mass is 32.2. The van der Waals surface area contributed by atoms with Crippen LogP contribution >= 0.6 is 0 Å². The number of benzene rings is 2. The number of hydrogen-bond acceptors (Lipinski definition) is 4. The largest absolute Gasteiger partial charge is 0.434 e. The highest BCUT2D eigenvalue weighted by Crippen LogP contribution is 2.33. The molecule has 3 aromatic rings. The zero-order valence-corrected chi connectivity index (χ0v) is 18.5. The molecular weight excluding hydrogens is 476 g/mol. The van der Waals surface area contributed by atoms with Crippen LogP contribution in [0.5, 0.6) is 0 Å². The van der Waals surface area contributed by atoms with Crippen LogP contribution in [0.25, 0.3) is 5.69 Å². The van der Waals surface area contributed by atoms with Crippen molar-refractivity contribution in [1.82, 2.24) is 19.4 Å². The number of nitrogens with one attached hydrogen (secondary N) is 1. The summed E-state index contributed by atoms with van der Waals surface area (Å²) in [6.07, 6.45) is -2.49. The minimum atomic E-state index is -4.90. The average Bonchev–Trinajstić information content (AvgIpc) is 3.49. The van der Waals surface area contributed by atoms with Crippen LogP contribution in [0, 0.1) is 5.82 Å². The Morgan fingerprint density at radius 3 is 2.21 bits per heavy atom. The van der Waals surface area contributed by atoms with E-state index in [1.54, 1.807) is 0 Å². The normalized spacial score (nSPS) is 14.9. The van der Waals surface area contributed by atoms with Gasteiger partial charge in [0.2, 0.25) is 10.0 Å². The fourth-order valence-corrected chi connectivity index (χ4v) is 5.22. The standard InChI is InChI=1S/C22H20F4N4O3S/c23-16-5-7-17(8-6-16)30-20(22(24,25)26)19(14-28-30)21(31)27-13-15-3-9-18(10-4-15)34(32,33)29-11-1-2-12-29/h3-10,14H,1-2,11-13H2,(H,27,31). The number of carbonyl (C=O) groups excluding carboxylic acids is 1. The molecule has 1 amide bonds. The van der Waals surface area contributed by atoms with Crippen molar-refractivity contribution in [3.63, 3.8) is 0 Å². The van der Waals surface area contributed by atoms with E-state index in [0.717, 1.165) is 43.3 Å². The molecule has 1 aromatic heterocycles. The Bertz CT molecular complexity index is 1280. The molecule has 0 saturated carbocycles. The topological polar surface area (TPSA) is 84.3 Å². The summed E-state index contributed by atoms with van der Waals surface area (Å²) in [6.45, 7) is 0.808. The van der Waals surface area contributed by atoms with E-state index in [-0.39, 0.29) is 17.1 Å². The van der Waals surface area contributed by atoms with Gasteiger partial charge in [0.25, 0.3) is 5.91 Å². The number of aromatic nitrogens is 2. The molecule has 0 radical (unpaired) electrons. The summed E-state index contributed by atoms with van der Waals surface area (Å²) in [5, 5.41) is 6.08. The van der Waals surface area contributed by atoms with Gasteiger partial charge < -0.3 is 5.32 Å². The van der Waals surface area contributed by atoms with Crippen molar-refractivity contribution in [2.75, 3.05) is 13.1 Å². The van der Waals surface area contributed by atoms with Gasteiger partial charge in [-0.25, -0.2) is 17.5 Å². The molecule has 2 aromatic carbocycles. The first-order valence-corrected chi connectivity index (χ1v) is 11.8. The van der Waals surface area contributed by atoms with Crippen molar-refractivity contribution < 1.29 is 30.8 Å². The summed E-state index contributed by atoms with van der Waals surface area (Å²) in [5.74, 6) is -1.63. The molecule has 1 aliphatic heterocycles. The molecule has 0 unspecified atom stereocenters. The number of nitrogens with zero attached hydrogens (tertiary/aromatic N) is 3. The fourth-order valence-electron chi connectivity index (χ4n) is 3.70. The maximum atomic E-state index is 13.7. The lowest BCUT2D eigenvalue weighted by Crippen LogP contribution is -2.28. The number of amides is 1. The van der Waals surface area contributed by atoms with Crippen LogP contribution < -0.4 is 5.32 Å². The zero-order chi connectivity index (χ0) is 24.5. The van der Waals surface area contributed by atoms with Gasteiger partial charge in [-0.05, 0) is 54.8 Å². The van der Waals surface area contributed by atoms with E-state index in [1.165, 1.54) is 28.6 Å². The van der Waals surface area contributed by atoms with Gasteiger partial charge in [0.05, 0.1) is 22.3 Å². The van der Waals surface area contributed by atoms with Gasteiger partial charge in [-0.3, -0.25) is 4.79 Å². The summed E-state index contributed by atoms with van der Waals surface area (Å²) in [4.78, 5) is 12.7. The van der Waals surface area contributed by atoms with Crippen LogP contribution in [0.3, 0.4) is 0 Å². The van der Waals surface area contributed by atoms with E-state index in [4.69, 9.17) is 0 Å². The van der Waals surface area contributed by atoms with Crippen molar-refractivity contribution in [2.45, 2.75) is 30.5 Å². The summed E-state index contributed by atoms with van der Waals surface area (Å²) in [6, 6.07) is 10.0. The molecule has 0 aliphatic carbocycles. The lowest BCUT2D eigenvalue weighted by molar-refractivity contribution is -0.143. The molecule has 34 heavy (non-hydrogen) atoms. The first-order valence-electron chi connectivity index (χ1n) is 10.4. The lowest BCUT2D eigenvalue weighted by atomic mass is 10.2. The number of hydrogen-bond donors (Lipinski definition) is 1. The molecule has 7 nitrogen and oxygen atoms in total. The Morgan fingerprint density at radius 2 is 1.62 bits per heavy atom. The Morgan fingerprint density at radius 1 is 1.00 bits per heavy atom. The molecule has 1 N–H and O–H groups in total. The predicted molar refractivity (Wildman–Crippen MR) is 114 cm³/mol. The molecule has 4 rings (SSSR count). The van der Waals surface area contributed by atoms with Gasteiger partial charge >= 0.3 is 6.18 Å². The van der Waals surface area contributed by atoms with Gasteiger partial charge in [0.1, 0.15) is 5.82 Å². The fraction of sp³-hybridized carbons (Fsp3) is 0.273. The molecule has 180 valence electrons. The van der Waals surface area contributed by atoms with Crippen molar-refractivity contribution in [3.8, 4) is 5.69 Å².